The first-order valence-corrected chi connectivity index (χ1v) is 8.03. The van der Waals surface area contributed by atoms with Crippen molar-refractivity contribution in [2.24, 2.45) is 0 Å². The van der Waals surface area contributed by atoms with E-state index in [1.54, 1.807) is 11.8 Å². The van der Waals surface area contributed by atoms with Gasteiger partial charge in [0.15, 0.2) is 0 Å². The minimum Gasteiger partial charge on any atom is -0.340 e. The molecule has 1 N–H and O–H groups in total. The summed E-state index contributed by atoms with van der Waals surface area (Å²) in [5.41, 5.74) is 0.175. The van der Waals surface area contributed by atoms with Gasteiger partial charge in [-0.25, -0.2) is 0 Å². The predicted octanol–water partition coefficient (Wildman–Crippen LogP) is 2.46. The Bertz CT molecular complexity index is 567. The van der Waals surface area contributed by atoms with Gasteiger partial charge in [0.2, 0.25) is 5.91 Å². The number of nitrogens with one attached hydrogen (secondary N) is 1. The monoisotopic (exact) mass is 384 g/mol. The second-order valence-corrected chi connectivity index (χ2v) is 6.74. The summed E-state index contributed by atoms with van der Waals surface area (Å²) in [5, 5.41) is 2.98. The second-order valence-electron chi connectivity index (χ2n) is 5.58. The molecule has 2 aliphatic rings. The van der Waals surface area contributed by atoms with Crippen LogP contribution in [-0.4, -0.2) is 23.4 Å². The van der Waals surface area contributed by atoms with Gasteiger partial charge in [-0.05, 0) is 54.5 Å². The number of nitrogens with zero attached hydrogens (tertiary/aromatic N) is 1. The lowest BCUT2D eigenvalue weighted by Crippen LogP contribution is -2.69. The zero-order valence-corrected chi connectivity index (χ0v) is 13.5. The van der Waals surface area contributed by atoms with Gasteiger partial charge in [0, 0.05) is 3.57 Å². The lowest BCUT2D eigenvalue weighted by atomic mass is 9.90. The normalized spacial score (nSPS) is 25.1. The highest BCUT2D eigenvalue weighted by Gasteiger charge is 2.51. The number of carbonyl (C=O) groups excluding carboxylic acids is 2. The highest BCUT2D eigenvalue weighted by Crippen LogP contribution is 2.37. The maximum atomic E-state index is 13.0. The number of hydrogen-bond donors (Lipinski definition) is 1. The van der Waals surface area contributed by atoms with E-state index in [2.05, 4.69) is 27.9 Å². The van der Waals surface area contributed by atoms with Gasteiger partial charge in [0.25, 0.3) is 5.91 Å². The Balaban J connectivity index is 2.05. The molecule has 1 saturated heterocycles. The molecule has 1 atom stereocenters. The molecule has 1 aliphatic heterocycles. The maximum absolute atomic E-state index is 13.0. The molecule has 20 heavy (non-hydrogen) atoms. The van der Waals surface area contributed by atoms with E-state index in [-0.39, 0.29) is 11.8 Å². The molecular formula is C15H17IN2O2. The van der Waals surface area contributed by atoms with Crippen LogP contribution in [0.1, 0.15) is 32.6 Å². The maximum Gasteiger partial charge on any atom is 0.253 e. The predicted molar refractivity (Wildman–Crippen MR) is 85.4 cm³/mol. The number of amides is 2. The molecule has 1 heterocycles. The molecule has 0 radical (unpaired) electrons. The van der Waals surface area contributed by atoms with Crippen molar-refractivity contribution in [2.45, 2.75) is 44.2 Å². The van der Waals surface area contributed by atoms with E-state index in [0.717, 1.165) is 34.9 Å². The molecule has 5 heteroatoms. The molecule has 2 fully saturated rings. The largest absolute Gasteiger partial charge is 0.340 e. The Morgan fingerprint density at radius 3 is 2.55 bits per heavy atom. The molecule has 3 rings (SSSR count). The summed E-state index contributed by atoms with van der Waals surface area (Å²) in [6.07, 6.45) is 3.51. The minimum absolute atomic E-state index is 0.0474. The van der Waals surface area contributed by atoms with Gasteiger partial charge in [-0.3, -0.25) is 14.5 Å². The molecule has 0 aromatic heterocycles. The highest BCUT2D eigenvalue weighted by atomic mass is 127. The van der Waals surface area contributed by atoms with Crippen molar-refractivity contribution in [1.82, 2.24) is 5.32 Å². The number of rotatable bonds is 1. The number of anilines is 1. The lowest BCUT2D eigenvalue weighted by molar-refractivity contribution is -0.137. The summed E-state index contributed by atoms with van der Waals surface area (Å²) < 4.78 is 0.994. The first kappa shape index (κ1) is 13.9. The molecule has 1 unspecified atom stereocenters. The summed E-state index contributed by atoms with van der Waals surface area (Å²) in [5.74, 6) is -0.00244. The number of carbonyl (C=O) groups is 2. The van der Waals surface area contributed by atoms with Crippen LogP contribution in [0.3, 0.4) is 0 Å². The summed E-state index contributed by atoms with van der Waals surface area (Å²) in [4.78, 5) is 26.9. The van der Waals surface area contributed by atoms with E-state index in [1.807, 2.05) is 24.3 Å². The van der Waals surface area contributed by atoms with Crippen LogP contribution in [-0.2, 0) is 9.59 Å². The minimum atomic E-state index is -0.664. The molecule has 4 nitrogen and oxygen atoms in total. The fourth-order valence-corrected chi connectivity index (χ4v) is 3.85. The van der Waals surface area contributed by atoms with E-state index in [9.17, 15) is 9.59 Å². The first-order chi connectivity index (χ1) is 9.55. The Kier molecular flexibility index (Phi) is 3.48. The van der Waals surface area contributed by atoms with Gasteiger partial charge in [0.05, 0.1) is 5.69 Å². The van der Waals surface area contributed by atoms with E-state index >= 15 is 0 Å². The number of benzene rings is 1. The summed E-state index contributed by atoms with van der Waals surface area (Å²) >= 11 is 2.22. The van der Waals surface area contributed by atoms with Crippen molar-refractivity contribution in [3.63, 3.8) is 0 Å². The molecule has 1 spiro atoms. The SMILES string of the molecule is CC1C(=O)NC2(CCCC2)C(=O)N1c1ccccc1I. The van der Waals surface area contributed by atoms with Crippen LogP contribution in [0, 0.1) is 3.57 Å². The Morgan fingerprint density at radius 1 is 1.25 bits per heavy atom. The smallest absolute Gasteiger partial charge is 0.253 e. The van der Waals surface area contributed by atoms with Gasteiger partial charge < -0.3 is 5.32 Å². The Morgan fingerprint density at radius 2 is 1.90 bits per heavy atom. The third-order valence-corrected chi connectivity index (χ3v) is 5.24. The lowest BCUT2D eigenvalue weighted by Gasteiger charge is -2.43. The summed E-state index contributed by atoms with van der Waals surface area (Å²) in [6, 6.07) is 7.27. The Hall–Kier alpha value is -1.11. The van der Waals surface area contributed by atoms with Crippen LogP contribution in [0.15, 0.2) is 24.3 Å². The number of halogens is 1. The Labute approximate surface area is 132 Å². The number of hydrogen-bond acceptors (Lipinski definition) is 2. The van der Waals surface area contributed by atoms with Gasteiger partial charge in [-0.2, -0.15) is 0 Å². The van der Waals surface area contributed by atoms with Gasteiger partial charge in [-0.15, -0.1) is 0 Å². The molecule has 2 amide bonds. The van der Waals surface area contributed by atoms with E-state index in [0.29, 0.717) is 0 Å². The average Bonchev–Trinajstić information content (AvgIpc) is 2.89. The van der Waals surface area contributed by atoms with Gasteiger partial charge in [-0.1, -0.05) is 25.0 Å². The van der Waals surface area contributed by atoms with E-state index in [4.69, 9.17) is 0 Å². The zero-order valence-electron chi connectivity index (χ0n) is 11.4. The summed E-state index contributed by atoms with van der Waals surface area (Å²) in [7, 11) is 0. The second kappa shape index (κ2) is 5.02. The third-order valence-electron chi connectivity index (χ3n) is 4.33. The molecule has 106 valence electrons. The quantitative estimate of drug-likeness (QED) is 0.757. The van der Waals surface area contributed by atoms with E-state index < -0.39 is 11.6 Å². The van der Waals surface area contributed by atoms with Crippen LogP contribution in [0.4, 0.5) is 5.69 Å². The van der Waals surface area contributed by atoms with Crippen LogP contribution < -0.4 is 10.2 Å². The average molecular weight is 384 g/mol. The molecule has 1 aromatic rings. The van der Waals surface area contributed by atoms with Crippen molar-refractivity contribution in [2.75, 3.05) is 4.90 Å². The molecule has 1 aliphatic carbocycles. The van der Waals surface area contributed by atoms with Crippen molar-refractivity contribution in [3.8, 4) is 0 Å². The third kappa shape index (κ3) is 2.03. The summed E-state index contributed by atoms with van der Waals surface area (Å²) in [6.45, 7) is 1.79. The van der Waals surface area contributed by atoms with Crippen LogP contribution in [0.5, 0.6) is 0 Å². The molecule has 1 aromatic carbocycles. The number of piperazine rings is 1. The fraction of sp³-hybridized carbons (Fsp3) is 0.467. The first-order valence-electron chi connectivity index (χ1n) is 6.95. The van der Waals surface area contributed by atoms with Gasteiger partial charge in [0.1, 0.15) is 11.6 Å². The van der Waals surface area contributed by atoms with Crippen LogP contribution >= 0.6 is 22.6 Å². The highest BCUT2D eigenvalue weighted by molar-refractivity contribution is 14.1. The van der Waals surface area contributed by atoms with Gasteiger partial charge >= 0.3 is 0 Å². The molecule has 1 saturated carbocycles. The zero-order chi connectivity index (χ0) is 14.3. The molecule has 0 bridgehead atoms. The van der Waals surface area contributed by atoms with Crippen LogP contribution in [0.25, 0.3) is 0 Å². The standard InChI is InChI=1S/C15H17IN2O2/c1-10-13(19)17-15(8-4-5-9-15)14(20)18(10)12-7-3-2-6-11(12)16/h2-3,6-7,10H,4-5,8-9H2,1H3,(H,17,19). The van der Waals surface area contributed by atoms with Crippen molar-refractivity contribution in [1.29, 1.82) is 0 Å². The van der Waals surface area contributed by atoms with Crippen molar-refractivity contribution in [3.05, 3.63) is 27.8 Å². The topological polar surface area (TPSA) is 49.4 Å². The number of para-hydroxylation sites is 1. The van der Waals surface area contributed by atoms with Crippen molar-refractivity contribution >= 4 is 40.1 Å². The fourth-order valence-electron chi connectivity index (χ4n) is 3.20. The van der Waals surface area contributed by atoms with Crippen LogP contribution in [0.2, 0.25) is 0 Å². The molecular weight excluding hydrogens is 367 g/mol. The van der Waals surface area contributed by atoms with Crippen molar-refractivity contribution < 1.29 is 9.59 Å². The van der Waals surface area contributed by atoms with E-state index in [1.165, 1.54) is 0 Å².